The normalized spacial score (nSPS) is 15.0. The van der Waals surface area contributed by atoms with Gasteiger partial charge in [0.1, 0.15) is 5.82 Å². The van der Waals surface area contributed by atoms with Crippen molar-refractivity contribution >= 4 is 40.1 Å². The van der Waals surface area contributed by atoms with Gasteiger partial charge in [0.15, 0.2) is 0 Å². The molecule has 0 saturated carbocycles. The Morgan fingerprint density at radius 2 is 1.88 bits per heavy atom. The fourth-order valence-corrected chi connectivity index (χ4v) is 5.91. The number of hydrogen-bond donors (Lipinski definition) is 2. The molecule has 41 heavy (non-hydrogen) atoms. The predicted octanol–water partition coefficient (Wildman–Crippen LogP) is 6.44. The molecule has 216 valence electrons. The summed E-state index contributed by atoms with van der Waals surface area (Å²) in [5.41, 5.74) is 11.3. The highest BCUT2D eigenvalue weighted by molar-refractivity contribution is 6.35. The Balaban J connectivity index is 0.00000387. The van der Waals surface area contributed by atoms with Gasteiger partial charge < -0.3 is 20.5 Å². The second kappa shape index (κ2) is 13.7. The molecule has 0 spiro atoms. The van der Waals surface area contributed by atoms with Gasteiger partial charge in [-0.2, -0.15) is 0 Å². The number of amides is 2. The molecule has 2 aromatic heterocycles. The summed E-state index contributed by atoms with van der Waals surface area (Å²) in [6.45, 7) is 4.25. The van der Waals surface area contributed by atoms with Gasteiger partial charge in [-0.15, -0.1) is 0 Å². The Bertz CT molecular complexity index is 1480. The first kappa shape index (κ1) is 30.1. The Morgan fingerprint density at radius 3 is 2.61 bits per heavy atom. The number of nitrogens with zero attached hydrogens (tertiary/aromatic N) is 3. The van der Waals surface area contributed by atoms with E-state index in [1.807, 2.05) is 23.1 Å². The number of carbonyl (C=O) groups is 2. The van der Waals surface area contributed by atoms with Crippen molar-refractivity contribution in [2.45, 2.75) is 58.9 Å². The largest absolute Gasteiger partial charge is 0.384 e. The number of piperidine rings is 1. The number of benzene rings is 2. The van der Waals surface area contributed by atoms with Gasteiger partial charge in [-0.05, 0) is 67.1 Å². The molecular formula is C33H40ClN5O2. The molecule has 1 aliphatic rings. The number of hydrogen-bond acceptors (Lipinski definition) is 4. The van der Waals surface area contributed by atoms with Crippen LogP contribution in [0.2, 0.25) is 5.02 Å². The highest BCUT2D eigenvalue weighted by Crippen LogP contribution is 2.34. The molecule has 4 aromatic rings. The maximum atomic E-state index is 13.2. The van der Waals surface area contributed by atoms with Crippen molar-refractivity contribution < 1.29 is 9.59 Å². The van der Waals surface area contributed by atoms with Gasteiger partial charge in [-0.3, -0.25) is 9.59 Å². The summed E-state index contributed by atoms with van der Waals surface area (Å²) >= 11 is 6.54. The van der Waals surface area contributed by atoms with Crippen LogP contribution in [0.15, 0.2) is 66.9 Å². The molecule has 1 aliphatic heterocycles. The van der Waals surface area contributed by atoms with Gasteiger partial charge in [0.2, 0.25) is 11.8 Å². The number of aromatic nitrogens is 2. The lowest BCUT2D eigenvalue weighted by molar-refractivity contribution is -0.132. The zero-order valence-corrected chi connectivity index (χ0v) is 23.7. The van der Waals surface area contributed by atoms with Gasteiger partial charge in [0.25, 0.3) is 0 Å². The molecule has 7 nitrogen and oxygen atoms in total. The van der Waals surface area contributed by atoms with E-state index in [2.05, 4.69) is 51.3 Å². The number of aryl methyl sites for hydroxylation is 1. The summed E-state index contributed by atoms with van der Waals surface area (Å²) in [5.74, 6) is 0.918. The fourth-order valence-electron chi connectivity index (χ4n) is 5.69. The number of likely N-dealkylation sites (tertiary alicyclic amines) is 1. The summed E-state index contributed by atoms with van der Waals surface area (Å²) in [7, 11) is 0. The zero-order chi connectivity index (χ0) is 28.1. The second-order valence-corrected chi connectivity index (χ2v) is 11.0. The van der Waals surface area contributed by atoms with E-state index in [0.29, 0.717) is 31.9 Å². The van der Waals surface area contributed by atoms with Crippen molar-refractivity contribution in [2.24, 2.45) is 0 Å². The van der Waals surface area contributed by atoms with E-state index in [4.69, 9.17) is 17.3 Å². The Kier molecular flexibility index (Phi) is 10.1. The number of rotatable bonds is 9. The van der Waals surface area contributed by atoms with Gasteiger partial charge >= 0.3 is 0 Å². The van der Waals surface area contributed by atoms with Crippen LogP contribution >= 0.6 is 11.6 Å². The molecule has 3 N–H and O–H groups in total. The molecular weight excluding hydrogens is 534 g/mol. The van der Waals surface area contributed by atoms with E-state index in [1.54, 1.807) is 12.3 Å². The maximum absolute atomic E-state index is 13.2. The number of nitrogens with one attached hydrogen (secondary N) is 1. The molecule has 0 aliphatic carbocycles. The summed E-state index contributed by atoms with van der Waals surface area (Å²) < 4.78 is 2.26. The van der Waals surface area contributed by atoms with Crippen molar-refractivity contribution in [2.75, 3.05) is 25.4 Å². The minimum absolute atomic E-state index is 0. The lowest BCUT2D eigenvalue weighted by Gasteiger charge is -2.33. The molecule has 1 unspecified atom stereocenters. The number of carbonyl (C=O) groups excluding carboxylic acids is 2. The Hall–Kier alpha value is -3.84. The highest BCUT2D eigenvalue weighted by Gasteiger charge is 2.27. The number of halogens is 1. The molecule has 2 aromatic carbocycles. The number of nitrogens with two attached hydrogens (primary N) is 1. The van der Waals surface area contributed by atoms with Crippen LogP contribution < -0.4 is 11.1 Å². The molecule has 8 heteroatoms. The lowest BCUT2D eigenvalue weighted by atomic mass is 9.94. The minimum Gasteiger partial charge on any atom is -0.384 e. The van der Waals surface area contributed by atoms with Crippen molar-refractivity contribution in [1.29, 1.82) is 0 Å². The third kappa shape index (κ3) is 7.27. The minimum atomic E-state index is -0.0412. The van der Waals surface area contributed by atoms with E-state index >= 15 is 0 Å². The smallest absolute Gasteiger partial charge is 0.222 e. The number of fused-ring (bicyclic) bond motifs is 1. The topological polar surface area (TPSA) is 93.2 Å². The number of nitrogen functional groups attached to an aromatic ring is 1. The van der Waals surface area contributed by atoms with Gasteiger partial charge in [0, 0.05) is 78.8 Å². The zero-order valence-electron chi connectivity index (χ0n) is 22.9. The number of pyridine rings is 1. The SMILES string of the molecule is C.CC(=O)NCCn1c(C2CCCN(C(=O)CCCc3ccc(-c4ccc(N)nc4)cc3)C2)cc2c(Cl)cccc21. The van der Waals surface area contributed by atoms with Crippen LogP contribution in [0.4, 0.5) is 5.82 Å². The first-order chi connectivity index (χ1) is 19.4. The van der Waals surface area contributed by atoms with E-state index in [9.17, 15) is 9.59 Å². The molecule has 3 heterocycles. The molecule has 0 bridgehead atoms. The third-order valence-electron chi connectivity index (χ3n) is 7.76. The summed E-state index contributed by atoms with van der Waals surface area (Å²) in [4.78, 5) is 30.9. The predicted molar refractivity (Wildman–Crippen MR) is 168 cm³/mol. The summed E-state index contributed by atoms with van der Waals surface area (Å²) in [6, 6.07) is 20.3. The average Bonchev–Trinajstić information content (AvgIpc) is 3.33. The molecule has 5 rings (SSSR count). The molecule has 1 saturated heterocycles. The van der Waals surface area contributed by atoms with Crippen LogP contribution in [0.5, 0.6) is 0 Å². The first-order valence-corrected chi connectivity index (χ1v) is 14.4. The van der Waals surface area contributed by atoms with E-state index < -0.39 is 0 Å². The molecule has 0 radical (unpaired) electrons. The van der Waals surface area contributed by atoms with Gasteiger partial charge in [-0.1, -0.05) is 49.4 Å². The quantitative estimate of drug-likeness (QED) is 0.241. The van der Waals surface area contributed by atoms with Gasteiger partial charge in [-0.25, -0.2) is 4.98 Å². The average molecular weight is 574 g/mol. The van der Waals surface area contributed by atoms with E-state index in [1.165, 1.54) is 18.2 Å². The molecule has 2 amide bonds. The monoisotopic (exact) mass is 573 g/mol. The van der Waals surface area contributed by atoms with Crippen molar-refractivity contribution in [1.82, 2.24) is 19.8 Å². The maximum Gasteiger partial charge on any atom is 0.222 e. The lowest BCUT2D eigenvalue weighted by Crippen LogP contribution is -2.39. The molecule has 1 atom stereocenters. The van der Waals surface area contributed by atoms with Crippen LogP contribution in [0.1, 0.15) is 57.2 Å². The number of anilines is 1. The third-order valence-corrected chi connectivity index (χ3v) is 8.09. The van der Waals surface area contributed by atoms with Crippen LogP contribution in [-0.2, 0) is 22.6 Å². The first-order valence-electron chi connectivity index (χ1n) is 14.0. The van der Waals surface area contributed by atoms with E-state index in [-0.39, 0.29) is 25.2 Å². The van der Waals surface area contributed by atoms with Crippen LogP contribution in [0.25, 0.3) is 22.0 Å². The van der Waals surface area contributed by atoms with Crippen LogP contribution in [-0.4, -0.2) is 45.9 Å². The Labute approximate surface area is 247 Å². The van der Waals surface area contributed by atoms with Crippen LogP contribution in [0.3, 0.4) is 0 Å². The second-order valence-electron chi connectivity index (χ2n) is 10.6. The Morgan fingerprint density at radius 1 is 1.10 bits per heavy atom. The highest BCUT2D eigenvalue weighted by atomic mass is 35.5. The van der Waals surface area contributed by atoms with Crippen molar-refractivity contribution in [3.63, 3.8) is 0 Å². The van der Waals surface area contributed by atoms with Crippen molar-refractivity contribution in [3.05, 3.63) is 83.1 Å². The molecule has 1 fully saturated rings. The summed E-state index contributed by atoms with van der Waals surface area (Å²) in [6.07, 6.45) is 5.99. The van der Waals surface area contributed by atoms with E-state index in [0.717, 1.165) is 59.3 Å². The fraction of sp³-hybridized carbons (Fsp3) is 0.364. The van der Waals surface area contributed by atoms with Crippen molar-refractivity contribution in [3.8, 4) is 11.1 Å². The standard InChI is InChI=1S/C32H36ClN5O2.CH4/c1-22(39)35-16-18-38-29-8-3-7-28(33)27(29)19-30(38)26-6-4-17-37(21-26)32(40)9-2-5-23-10-12-24(13-11-23)25-14-15-31(34)36-20-25;/h3,7-8,10-15,19-20,26H,2,4-6,9,16-18,21H2,1H3,(H2,34,36)(H,35,39);1H4. The van der Waals surface area contributed by atoms with Crippen LogP contribution in [0, 0.1) is 0 Å². The van der Waals surface area contributed by atoms with Gasteiger partial charge in [0.05, 0.1) is 0 Å². The summed E-state index contributed by atoms with van der Waals surface area (Å²) in [5, 5.41) is 4.64.